The summed E-state index contributed by atoms with van der Waals surface area (Å²) in [5, 5.41) is 9.35. The van der Waals surface area contributed by atoms with E-state index < -0.39 is 0 Å². The monoisotopic (exact) mass is 798 g/mol. The van der Waals surface area contributed by atoms with Crippen LogP contribution in [0.15, 0.2) is 143 Å². The zero-order valence-corrected chi connectivity index (χ0v) is 33.9. The third-order valence-electron chi connectivity index (χ3n) is 10.5. The summed E-state index contributed by atoms with van der Waals surface area (Å²) in [6, 6.07) is 43.2. The Kier molecular flexibility index (Phi) is 9.94. The molecule has 3 aromatic heterocycles. The minimum Gasteiger partial charge on any atom is -0.497 e. The van der Waals surface area contributed by atoms with Crippen LogP contribution < -0.4 is 50.0 Å². The van der Waals surface area contributed by atoms with Crippen LogP contribution in [0.3, 0.4) is 0 Å². The van der Waals surface area contributed by atoms with E-state index in [0.29, 0.717) is 22.5 Å². The minimum atomic E-state index is 0.646. The number of nitrogens with zero attached hydrogens (tertiary/aromatic N) is 4. The van der Waals surface area contributed by atoms with E-state index in [9.17, 15) is 0 Å². The van der Waals surface area contributed by atoms with Crippen molar-refractivity contribution in [3.8, 4) is 34.5 Å². The normalized spacial score (nSPS) is 12.0. The van der Waals surface area contributed by atoms with Crippen molar-refractivity contribution < 1.29 is 28.4 Å². The molecular formula is C48H42N6O6. The Labute approximate surface area is 345 Å². The van der Waals surface area contributed by atoms with E-state index in [1.165, 1.54) is 0 Å². The Bertz CT molecular complexity index is 2930. The van der Waals surface area contributed by atoms with E-state index in [0.717, 1.165) is 90.0 Å². The van der Waals surface area contributed by atoms with Crippen LogP contribution in [0, 0.1) is 0 Å². The van der Waals surface area contributed by atoms with Crippen molar-refractivity contribution in [2.75, 3.05) is 53.3 Å². The van der Waals surface area contributed by atoms with Crippen LogP contribution in [0.1, 0.15) is 0 Å². The summed E-state index contributed by atoms with van der Waals surface area (Å²) < 4.78 is 38.1. The maximum atomic E-state index is 5.83. The number of methoxy groups -OCH3 is 6. The quantitative estimate of drug-likeness (QED) is 0.126. The SMILES string of the molecule is COc1ccc(N=c2c3c(Nc4ccc(OC)cc4)c4cc(OC)ccc4n3c(=Nc3ccc(OC)cc3)c3c(Nc4ccc(OC)cc4)c4cc(OC)ccc4n23)cc1. The molecule has 12 heteroatoms. The van der Waals surface area contributed by atoms with E-state index in [1.54, 1.807) is 42.7 Å². The second-order valence-corrected chi connectivity index (χ2v) is 13.9. The summed E-state index contributed by atoms with van der Waals surface area (Å²) in [7, 11) is 9.96. The Hall–Kier alpha value is -7.86. The lowest BCUT2D eigenvalue weighted by atomic mass is 10.2. The molecule has 9 rings (SSSR count). The molecule has 0 aliphatic carbocycles. The zero-order valence-electron chi connectivity index (χ0n) is 33.9. The molecule has 0 unspecified atom stereocenters. The Morgan fingerprint density at radius 1 is 0.367 bits per heavy atom. The van der Waals surface area contributed by atoms with E-state index in [1.807, 2.05) is 121 Å². The summed E-state index contributed by atoms with van der Waals surface area (Å²) in [5.74, 6) is 4.35. The number of hydrogen-bond donors (Lipinski definition) is 2. The van der Waals surface area contributed by atoms with Crippen LogP contribution in [0.4, 0.5) is 34.1 Å². The maximum absolute atomic E-state index is 5.83. The molecule has 0 radical (unpaired) electrons. The molecule has 0 saturated heterocycles. The third-order valence-corrected chi connectivity index (χ3v) is 10.5. The van der Waals surface area contributed by atoms with Crippen LogP contribution in [-0.4, -0.2) is 51.5 Å². The fourth-order valence-corrected chi connectivity index (χ4v) is 7.52. The van der Waals surface area contributed by atoms with Gasteiger partial charge in [-0.15, -0.1) is 0 Å². The average Bonchev–Trinajstić information content (AvgIpc) is 3.79. The van der Waals surface area contributed by atoms with Gasteiger partial charge >= 0.3 is 0 Å². The zero-order chi connectivity index (χ0) is 41.3. The molecule has 0 aliphatic rings. The maximum Gasteiger partial charge on any atom is 0.165 e. The van der Waals surface area contributed by atoms with E-state index >= 15 is 0 Å². The molecule has 0 fully saturated rings. The molecule has 0 saturated carbocycles. The van der Waals surface area contributed by atoms with Gasteiger partial charge in [-0.2, -0.15) is 0 Å². The highest BCUT2D eigenvalue weighted by atomic mass is 16.5. The third kappa shape index (κ3) is 6.73. The Morgan fingerprint density at radius 3 is 0.983 bits per heavy atom. The second-order valence-electron chi connectivity index (χ2n) is 13.9. The lowest BCUT2D eigenvalue weighted by Crippen LogP contribution is -2.28. The van der Waals surface area contributed by atoms with Gasteiger partial charge in [-0.25, -0.2) is 9.98 Å². The highest BCUT2D eigenvalue weighted by molar-refractivity contribution is 6.09. The Morgan fingerprint density at radius 2 is 0.667 bits per heavy atom. The first-order valence-corrected chi connectivity index (χ1v) is 19.2. The smallest absolute Gasteiger partial charge is 0.165 e. The number of hydrogen-bond acceptors (Lipinski definition) is 10. The highest BCUT2D eigenvalue weighted by Crippen LogP contribution is 2.39. The summed E-state index contributed by atoms with van der Waals surface area (Å²) in [4.78, 5) is 11.0. The number of nitrogens with one attached hydrogen (secondary N) is 2. The summed E-state index contributed by atoms with van der Waals surface area (Å²) in [5.41, 5.74) is 9.32. The van der Waals surface area contributed by atoms with Gasteiger partial charge < -0.3 is 39.1 Å². The predicted molar refractivity (Wildman–Crippen MR) is 237 cm³/mol. The first kappa shape index (κ1) is 37.7. The number of ether oxygens (including phenoxy) is 6. The predicted octanol–water partition coefficient (Wildman–Crippen LogP) is 9.94. The number of rotatable bonds is 12. The molecule has 60 heavy (non-hydrogen) atoms. The molecule has 0 aliphatic heterocycles. The molecule has 9 aromatic rings. The van der Waals surface area contributed by atoms with Crippen LogP contribution >= 0.6 is 0 Å². The highest BCUT2D eigenvalue weighted by Gasteiger charge is 2.25. The summed E-state index contributed by atoms with van der Waals surface area (Å²) in [6.45, 7) is 0. The average molecular weight is 799 g/mol. The Balaban J connectivity index is 1.53. The van der Waals surface area contributed by atoms with E-state index in [2.05, 4.69) is 31.6 Å². The number of anilines is 4. The fourth-order valence-electron chi connectivity index (χ4n) is 7.52. The van der Waals surface area contributed by atoms with Gasteiger partial charge in [-0.3, -0.25) is 8.80 Å². The molecule has 0 bridgehead atoms. The summed E-state index contributed by atoms with van der Waals surface area (Å²) >= 11 is 0. The number of fused-ring (bicyclic) bond motifs is 6. The van der Waals surface area contributed by atoms with Gasteiger partial charge in [0.2, 0.25) is 0 Å². The molecule has 0 atom stereocenters. The van der Waals surface area contributed by atoms with E-state index in [4.69, 9.17) is 38.4 Å². The van der Waals surface area contributed by atoms with Gasteiger partial charge in [0, 0.05) is 22.1 Å². The van der Waals surface area contributed by atoms with Crippen LogP contribution in [0.25, 0.3) is 32.8 Å². The van der Waals surface area contributed by atoms with Gasteiger partial charge in [0.15, 0.2) is 11.0 Å². The largest absolute Gasteiger partial charge is 0.497 e. The molecule has 12 nitrogen and oxygen atoms in total. The van der Waals surface area contributed by atoms with Gasteiger partial charge in [0.25, 0.3) is 0 Å². The van der Waals surface area contributed by atoms with Gasteiger partial charge in [0.05, 0.1) is 76.4 Å². The topological polar surface area (TPSA) is 113 Å². The van der Waals surface area contributed by atoms with Crippen molar-refractivity contribution in [1.29, 1.82) is 0 Å². The van der Waals surface area contributed by atoms with E-state index in [-0.39, 0.29) is 0 Å². The molecule has 0 spiro atoms. The van der Waals surface area contributed by atoms with Crippen molar-refractivity contribution in [2.45, 2.75) is 0 Å². The molecule has 2 N–H and O–H groups in total. The second kappa shape index (κ2) is 15.8. The van der Waals surface area contributed by atoms with Crippen LogP contribution in [0.2, 0.25) is 0 Å². The summed E-state index contributed by atoms with van der Waals surface area (Å²) in [6.07, 6.45) is 0. The van der Waals surface area contributed by atoms with Crippen molar-refractivity contribution >= 4 is 67.0 Å². The van der Waals surface area contributed by atoms with Crippen molar-refractivity contribution in [1.82, 2.24) is 8.80 Å². The molecule has 3 heterocycles. The lowest BCUT2D eigenvalue weighted by molar-refractivity contribution is 0.414. The molecular weight excluding hydrogens is 757 g/mol. The molecule has 6 aromatic carbocycles. The van der Waals surface area contributed by atoms with Gasteiger partial charge in [-0.05, 0) is 133 Å². The first-order valence-electron chi connectivity index (χ1n) is 19.2. The van der Waals surface area contributed by atoms with Crippen molar-refractivity contribution in [2.24, 2.45) is 9.98 Å². The molecule has 300 valence electrons. The number of aromatic nitrogens is 2. The van der Waals surface area contributed by atoms with Crippen molar-refractivity contribution in [3.05, 3.63) is 144 Å². The first-order chi connectivity index (χ1) is 29.4. The number of benzene rings is 6. The van der Waals surface area contributed by atoms with Crippen molar-refractivity contribution in [3.63, 3.8) is 0 Å². The van der Waals surface area contributed by atoms with Gasteiger partial charge in [0.1, 0.15) is 45.5 Å². The van der Waals surface area contributed by atoms with Gasteiger partial charge in [-0.1, -0.05) is 0 Å². The molecule has 0 amide bonds. The fraction of sp³-hybridized carbons (Fsp3) is 0.125. The van der Waals surface area contributed by atoms with Crippen LogP contribution in [-0.2, 0) is 0 Å². The standard InChI is InChI=1S/C48H42N6O6/c1-55-33-15-7-29(8-16-33)49-43-39-27-37(59-5)23-25-41(39)53-45(43)47(51-31-11-19-35(57-3)20-12-31)54-42-26-24-38(60-6)28-40(42)44(50-30-9-17-34(56-2)18-10-30)46(54)48(53)52-32-13-21-36(58-4)22-14-32/h7-28,49-50H,1-6H3. The minimum absolute atomic E-state index is 0.646. The lowest BCUT2D eigenvalue weighted by Gasteiger charge is -2.12. The van der Waals surface area contributed by atoms with Crippen LogP contribution in [0.5, 0.6) is 34.5 Å².